The van der Waals surface area contributed by atoms with E-state index in [9.17, 15) is 9.18 Å². The molecule has 1 aliphatic rings. The highest BCUT2D eigenvalue weighted by molar-refractivity contribution is 5.92. The molecule has 1 aliphatic carbocycles. The Labute approximate surface area is 132 Å². The van der Waals surface area contributed by atoms with Crippen LogP contribution in [0.3, 0.4) is 0 Å². The van der Waals surface area contributed by atoms with Crippen LogP contribution >= 0.6 is 0 Å². The van der Waals surface area contributed by atoms with Crippen LogP contribution in [0.25, 0.3) is 22.2 Å². The molecule has 3 aromatic heterocycles. The van der Waals surface area contributed by atoms with Crippen LogP contribution in [-0.2, 0) is 18.3 Å². The third-order valence-electron chi connectivity index (χ3n) is 4.27. The first-order chi connectivity index (χ1) is 11.0. The molecule has 0 N–H and O–H groups in total. The van der Waals surface area contributed by atoms with E-state index in [4.69, 9.17) is 0 Å². The van der Waals surface area contributed by atoms with E-state index >= 15 is 0 Å². The van der Waals surface area contributed by atoms with Crippen molar-refractivity contribution in [2.45, 2.75) is 24.9 Å². The van der Waals surface area contributed by atoms with Crippen LogP contribution in [0, 0.1) is 0 Å². The van der Waals surface area contributed by atoms with Gasteiger partial charge in [0.25, 0.3) is 0 Å². The fraction of sp³-hybridized carbons (Fsp3) is 0.294. The standard InChI is InChI=1S/C17H15FN4O/c1-22-10-19-9-15(22)14-5-11-4-13(20-7-12(11)8-21-14)6-16(23)17(18)2-3-17/h4-5,7-10H,2-3,6H2,1H3. The molecule has 3 heterocycles. The van der Waals surface area contributed by atoms with Gasteiger partial charge in [0.1, 0.15) is 0 Å². The zero-order chi connectivity index (χ0) is 16.0. The van der Waals surface area contributed by atoms with E-state index in [0.29, 0.717) is 18.5 Å². The minimum Gasteiger partial charge on any atom is -0.332 e. The van der Waals surface area contributed by atoms with E-state index in [0.717, 1.165) is 22.2 Å². The Morgan fingerprint density at radius 1 is 1.22 bits per heavy atom. The van der Waals surface area contributed by atoms with Gasteiger partial charge in [0.15, 0.2) is 11.5 Å². The van der Waals surface area contributed by atoms with Crippen LogP contribution in [0.15, 0.2) is 37.1 Å². The highest BCUT2D eigenvalue weighted by Crippen LogP contribution is 2.41. The summed E-state index contributed by atoms with van der Waals surface area (Å²) in [6.07, 6.45) is 7.61. The summed E-state index contributed by atoms with van der Waals surface area (Å²) in [5.41, 5.74) is 0.690. The maximum absolute atomic E-state index is 13.8. The molecular formula is C17H15FN4O. The number of nitrogens with zero attached hydrogens (tertiary/aromatic N) is 4. The molecule has 1 saturated carbocycles. The molecule has 0 saturated heterocycles. The predicted octanol–water partition coefficient (Wildman–Crippen LogP) is 2.64. The van der Waals surface area contributed by atoms with Crippen molar-refractivity contribution < 1.29 is 9.18 Å². The summed E-state index contributed by atoms with van der Waals surface area (Å²) in [6, 6.07) is 3.77. The first kappa shape index (κ1) is 14.0. The summed E-state index contributed by atoms with van der Waals surface area (Å²) in [7, 11) is 1.90. The molecule has 1 fully saturated rings. The zero-order valence-corrected chi connectivity index (χ0v) is 12.7. The predicted molar refractivity (Wildman–Crippen MR) is 83.5 cm³/mol. The zero-order valence-electron chi connectivity index (χ0n) is 12.7. The van der Waals surface area contributed by atoms with E-state index in [1.807, 2.05) is 23.7 Å². The molecule has 0 atom stereocenters. The van der Waals surface area contributed by atoms with Crippen molar-refractivity contribution in [2.24, 2.45) is 7.05 Å². The third-order valence-corrected chi connectivity index (χ3v) is 4.27. The second-order valence-electron chi connectivity index (χ2n) is 6.05. The first-order valence-electron chi connectivity index (χ1n) is 7.49. The molecule has 116 valence electrons. The normalized spacial score (nSPS) is 15.7. The fourth-order valence-corrected chi connectivity index (χ4v) is 2.64. The first-order valence-corrected chi connectivity index (χ1v) is 7.49. The molecule has 5 nitrogen and oxygen atoms in total. The molecule has 0 spiro atoms. The van der Waals surface area contributed by atoms with Crippen LogP contribution in [0.2, 0.25) is 0 Å². The van der Waals surface area contributed by atoms with Crippen molar-refractivity contribution in [2.75, 3.05) is 0 Å². The Kier molecular flexibility index (Phi) is 3.01. The van der Waals surface area contributed by atoms with Crippen molar-refractivity contribution >= 4 is 16.6 Å². The van der Waals surface area contributed by atoms with Crippen molar-refractivity contribution in [1.29, 1.82) is 0 Å². The molecule has 0 amide bonds. The van der Waals surface area contributed by atoms with E-state index in [2.05, 4.69) is 15.0 Å². The second kappa shape index (κ2) is 4.94. The SMILES string of the molecule is Cn1cncc1-c1cc2cc(CC(=O)C3(F)CC3)ncc2cn1. The molecule has 0 radical (unpaired) electrons. The van der Waals surface area contributed by atoms with Crippen molar-refractivity contribution in [3.8, 4) is 11.4 Å². The Morgan fingerprint density at radius 2 is 2.00 bits per heavy atom. The van der Waals surface area contributed by atoms with Crippen LogP contribution < -0.4 is 0 Å². The summed E-state index contributed by atoms with van der Waals surface area (Å²) in [4.78, 5) is 24.7. The number of carbonyl (C=O) groups excluding carboxylic acids is 1. The Morgan fingerprint density at radius 3 is 2.70 bits per heavy atom. The highest BCUT2D eigenvalue weighted by Gasteiger charge is 2.49. The summed E-state index contributed by atoms with van der Waals surface area (Å²) in [5.74, 6) is -0.370. The second-order valence-corrected chi connectivity index (χ2v) is 6.05. The van der Waals surface area contributed by atoms with Crippen molar-refractivity contribution in [1.82, 2.24) is 19.5 Å². The average molecular weight is 310 g/mol. The Hall–Kier alpha value is -2.63. The minimum atomic E-state index is -1.60. The monoisotopic (exact) mass is 310 g/mol. The summed E-state index contributed by atoms with van der Waals surface area (Å²) in [5, 5.41) is 1.81. The largest absolute Gasteiger partial charge is 0.332 e. The topological polar surface area (TPSA) is 60.7 Å². The molecule has 0 bridgehead atoms. The molecule has 4 rings (SSSR count). The number of hydrogen-bond donors (Lipinski definition) is 0. The van der Waals surface area contributed by atoms with Gasteiger partial charge in [-0.15, -0.1) is 0 Å². The van der Waals surface area contributed by atoms with Crippen LogP contribution in [0.1, 0.15) is 18.5 Å². The molecule has 0 unspecified atom stereocenters. The maximum Gasteiger partial charge on any atom is 0.175 e. The van der Waals surface area contributed by atoms with Crippen LogP contribution in [-0.4, -0.2) is 31.0 Å². The van der Waals surface area contributed by atoms with Gasteiger partial charge in [0.05, 0.1) is 30.3 Å². The molecule has 3 aromatic rings. The van der Waals surface area contributed by atoms with Gasteiger partial charge in [0.2, 0.25) is 0 Å². The lowest BCUT2D eigenvalue weighted by molar-refractivity contribution is -0.124. The van der Waals surface area contributed by atoms with Gasteiger partial charge in [-0.1, -0.05) is 0 Å². The minimum absolute atomic E-state index is 0.0375. The number of aryl methyl sites for hydroxylation is 1. The molecule has 0 aromatic carbocycles. The Balaban J connectivity index is 1.69. The van der Waals surface area contributed by atoms with E-state index in [1.54, 1.807) is 24.9 Å². The average Bonchev–Trinajstić information content (AvgIpc) is 3.15. The van der Waals surface area contributed by atoms with Crippen molar-refractivity contribution in [3.63, 3.8) is 0 Å². The number of halogens is 1. The summed E-state index contributed by atoms with van der Waals surface area (Å²) in [6.45, 7) is 0. The number of Topliss-reactive ketones (excluding diaryl/α,β-unsaturated/α-hetero) is 1. The van der Waals surface area contributed by atoms with Gasteiger partial charge >= 0.3 is 0 Å². The van der Waals surface area contributed by atoms with E-state index in [1.165, 1.54) is 0 Å². The quantitative estimate of drug-likeness (QED) is 0.743. The number of alkyl halides is 1. The van der Waals surface area contributed by atoms with Gasteiger partial charge in [0, 0.05) is 30.5 Å². The number of rotatable bonds is 4. The number of hydrogen-bond acceptors (Lipinski definition) is 4. The highest BCUT2D eigenvalue weighted by atomic mass is 19.1. The number of aromatic nitrogens is 4. The molecule has 6 heteroatoms. The van der Waals surface area contributed by atoms with Gasteiger partial charge in [-0.3, -0.25) is 14.8 Å². The number of pyridine rings is 2. The Bertz CT molecular complexity index is 914. The lowest BCUT2D eigenvalue weighted by Gasteiger charge is -2.07. The van der Waals surface area contributed by atoms with Gasteiger partial charge < -0.3 is 4.57 Å². The lowest BCUT2D eigenvalue weighted by Crippen LogP contribution is -2.19. The summed E-state index contributed by atoms with van der Waals surface area (Å²) >= 11 is 0. The molecule has 0 aliphatic heterocycles. The van der Waals surface area contributed by atoms with Crippen LogP contribution in [0.5, 0.6) is 0 Å². The van der Waals surface area contributed by atoms with E-state index in [-0.39, 0.29) is 12.2 Å². The molecular weight excluding hydrogens is 295 g/mol. The summed E-state index contributed by atoms with van der Waals surface area (Å²) < 4.78 is 15.7. The number of fused-ring (bicyclic) bond motifs is 1. The van der Waals surface area contributed by atoms with Gasteiger partial charge in [-0.05, 0) is 30.4 Å². The smallest absolute Gasteiger partial charge is 0.175 e. The number of imidazole rings is 1. The van der Waals surface area contributed by atoms with E-state index < -0.39 is 5.67 Å². The maximum atomic E-state index is 13.8. The lowest BCUT2D eigenvalue weighted by atomic mass is 10.1. The molecule has 23 heavy (non-hydrogen) atoms. The van der Waals surface area contributed by atoms with Gasteiger partial charge in [-0.2, -0.15) is 0 Å². The number of ketones is 1. The van der Waals surface area contributed by atoms with Gasteiger partial charge in [-0.25, -0.2) is 9.37 Å². The van der Waals surface area contributed by atoms with Crippen LogP contribution in [0.4, 0.5) is 4.39 Å². The third kappa shape index (κ3) is 2.50. The van der Waals surface area contributed by atoms with Crippen molar-refractivity contribution in [3.05, 3.63) is 42.7 Å². The number of carbonyl (C=O) groups is 1. The fourth-order valence-electron chi connectivity index (χ4n) is 2.64.